The van der Waals surface area contributed by atoms with Crippen molar-refractivity contribution in [1.29, 1.82) is 0 Å². The number of ether oxygens (including phenoxy) is 1. The molecule has 0 aliphatic rings. The molecule has 1 aromatic rings. The third-order valence-electron chi connectivity index (χ3n) is 2.95. The lowest BCUT2D eigenvalue weighted by Crippen LogP contribution is -2.23. The average molecular weight is 302 g/mol. The molecule has 22 heavy (non-hydrogen) atoms. The predicted octanol–water partition coefficient (Wildman–Crippen LogP) is 1.17. The van der Waals surface area contributed by atoms with E-state index in [1.54, 1.807) is 19.0 Å². The van der Waals surface area contributed by atoms with Crippen molar-refractivity contribution in [2.75, 3.05) is 27.7 Å². The highest BCUT2D eigenvalue weighted by molar-refractivity contribution is 5.75. The van der Waals surface area contributed by atoms with Crippen molar-refractivity contribution in [2.24, 2.45) is 0 Å². The lowest BCUT2D eigenvalue weighted by molar-refractivity contribution is -0.139. The highest BCUT2D eigenvalue weighted by Gasteiger charge is 2.01. The van der Waals surface area contributed by atoms with Crippen molar-refractivity contribution in [2.45, 2.75) is 19.4 Å². The Morgan fingerprint density at radius 3 is 2.77 bits per heavy atom. The van der Waals surface area contributed by atoms with E-state index >= 15 is 0 Å². The van der Waals surface area contributed by atoms with E-state index in [9.17, 15) is 9.59 Å². The fraction of sp³-hybridized carbons (Fsp3) is 0.412. The minimum Gasteiger partial charge on any atom is -0.468 e. The van der Waals surface area contributed by atoms with Gasteiger partial charge in [0.05, 0.1) is 13.7 Å². The first-order valence-corrected chi connectivity index (χ1v) is 7.08. The Morgan fingerprint density at radius 1 is 1.32 bits per heavy atom. The Hall–Kier alpha value is -2.32. The molecule has 0 unspecified atom stereocenters. The zero-order valence-corrected chi connectivity index (χ0v) is 13.3. The molecule has 0 heterocycles. The van der Waals surface area contributed by atoms with Gasteiger partial charge in [0.25, 0.3) is 0 Å². The van der Waals surface area contributed by atoms with Crippen LogP contribution in [0.1, 0.15) is 24.0 Å². The number of esters is 1. The molecule has 0 spiro atoms. The maximum Gasteiger partial charge on any atom is 0.319 e. The highest BCUT2D eigenvalue weighted by Crippen LogP contribution is 2.04. The van der Waals surface area contributed by atoms with E-state index in [0.717, 1.165) is 11.1 Å². The molecule has 5 heteroatoms. The summed E-state index contributed by atoms with van der Waals surface area (Å²) < 4.78 is 4.56. The second kappa shape index (κ2) is 9.59. The second-order valence-electron chi connectivity index (χ2n) is 4.97. The maximum absolute atomic E-state index is 11.4. The SMILES string of the molecule is COC(=O)CNCc1cccc(C#CCCC(=O)N(C)C)c1. The highest BCUT2D eigenvalue weighted by atomic mass is 16.5. The van der Waals surface area contributed by atoms with E-state index < -0.39 is 0 Å². The van der Waals surface area contributed by atoms with Gasteiger partial charge in [0.15, 0.2) is 0 Å². The van der Waals surface area contributed by atoms with E-state index in [2.05, 4.69) is 21.9 Å². The number of rotatable bonds is 6. The van der Waals surface area contributed by atoms with Crippen molar-refractivity contribution in [3.63, 3.8) is 0 Å². The minimum absolute atomic E-state index is 0.0788. The number of carbonyl (C=O) groups is 2. The smallest absolute Gasteiger partial charge is 0.319 e. The minimum atomic E-state index is -0.290. The standard InChI is InChI=1S/C17H22N2O3/c1-19(2)16(20)10-5-4-7-14-8-6-9-15(11-14)12-18-13-17(21)22-3/h6,8-9,11,18H,5,10,12-13H2,1-3H3. The molecule has 0 atom stereocenters. The molecule has 5 nitrogen and oxygen atoms in total. The third-order valence-corrected chi connectivity index (χ3v) is 2.95. The Kier molecular flexibility index (Phi) is 7.73. The molecule has 0 radical (unpaired) electrons. The third kappa shape index (κ3) is 6.91. The lowest BCUT2D eigenvalue weighted by Gasteiger charge is -2.07. The van der Waals surface area contributed by atoms with Crippen LogP contribution in [-0.4, -0.2) is 44.5 Å². The lowest BCUT2D eigenvalue weighted by atomic mass is 10.1. The fourth-order valence-corrected chi connectivity index (χ4v) is 1.70. The number of carbonyl (C=O) groups excluding carboxylic acids is 2. The van der Waals surface area contributed by atoms with Crippen molar-refractivity contribution >= 4 is 11.9 Å². The van der Waals surface area contributed by atoms with Gasteiger partial charge >= 0.3 is 5.97 Å². The van der Waals surface area contributed by atoms with Crippen LogP contribution in [0.4, 0.5) is 0 Å². The van der Waals surface area contributed by atoms with Crippen LogP contribution >= 0.6 is 0 Å². The quantitative estimate of drug-likeness (QED) is 0.633. The van der Waals surface area contributed by atoms with Crippen LogP contribution in [0.2, 0.25) is 0 Å². The molecule has 0 saturated heterocycles. The number of nitrogens with zero attached hydrogens (tertiary/aromatic N) is 1. The Morgan fingerprint density at radius 2 is 2.09 bits per heavy atom. The summed E-state index contributed by atoms with van der Waals surface area (Å²) in [4.78, 5) is 24.0. The number of amides is 1. The van der Waals surface area contributed by atoms with Crippen LogP contribution in [0.15, 0.2) is 24.3 Å². The van der Waals surface area contributed by atoms with Crippen LogP contribution < -0.4 is 5.32 Å². The van der Waals surface area contributed by atoms with Gasteiger partial charge in [0, 0.05) is 39.0 Å². The molecule has 118 valence electrons. The van der Waals surface area contributed by atoms with E-state index in [1.165, 1.54) is 7.11 Å². The van der Waals surface area contributed by atoms with Gasteiger partial charge in [0.1, 0.15) is 0 Å². The largest absolute Gasteiger partial charge is 0.468 e. The normalized spacial score (nSPS) is 9.59. The van der Waals surface area contributed by atoms with Crippen LogP contribution in [0.5, 0.6) is 0 Å². The van der Waals surface area contributed by atoms with Gasteiger partial charge in [-0.1, -0.05) is 24.0 Å². The Balaban J connectivity index is 2.47. The number of nitrogens with one attached hydrogen (secondary N) is 1. The Labute approximate surface area is 131 Å². The number of methoxy groups -OCH3 is 1. The average Bonchev–Trinajstić information content (AvgIpc) is 2.51. The number of hydrogen-bond acceptors (Lipinski definition) is 4. The van der Waals surface area contributed by atoms with Gasteiger partial charge in [-0.05, 0) is 17.7 Å². The topological polar surface area (TPSA) is 58.6 Å². The second-order valence-corrected chi connectivity index (χ2v) is 4.97. The summed E-state index contributed by atoms with van der Waals surface area (Å²) >= 11 is 0. The van der Waals surface area contributed by atoms with Crippen molar-refractivity contribution in [3.05, 3.63) is 35.4 Å². The Bertz CT molecular complexity index is 571. The number of benzene rings is 1. The van der Waals surface area contributed by atoms with Gasteiger partial charge in [-0.15, -0.1) is 0 Å². The first-order valence-electron chi connectivity index (χ1n) is 7.08. The molecule has 1 rings (SSSR count). The van der Waals surface area contributed by atoms with Crippen LogP contribution in [0.3, 0.4) is 0 Å². The van der Waals surface area contributed by atoms with E-state index in [-0.39, 0.29) is 18.4 Å². The molecule has 0 bridgehead atoms. The van der Waals surface area contributed by atoms with Crippen molar-refractivity contribution in [3.8, 4) is 11.8 Å². The summed E-state index contributed by atoms with van der Waals surface area (Å²) in [6.07, 6.45) is 0.974. The molecule has 0 aromatic heterocycles. The monoisotopic (exact) mass is 302 g/mol. The molecule has 1 aromatic carbocycles. The van der Waals surface area contributed by atoms with Crippen LogP contribution in [0, 0.1) is 11.8 Å². The maximum atomic E-state index is 11.4. The van der Waals surface area contributed by atoms with Crippen molar-refractivity contribution in [1.82, 2.24) is 10.2 Å². The van der Waals surface area contributed by atoms with E-state index in [4.69, 9.17) is 0 Å². The molecular weight excluding hydrogens is 280 g/mol. The summed E-state index contributed by atoms with van der Waals surface area (Å²) in [6, 6.07) is 7.77. The van der Waals surface area contributed by atoms with Crippen LogP contribution in [0.25, 0.3) is 0 Å². The summed E-state index contributed by atoms with van der Waals surface area (Å²) in [7, 11) is 4.84. The summed E-state index contributed by atoms with van der Waals surface area (Å²) in [5.74, 6) is 5.84. The molecule has 0 aliphatic heterocycles. The zero-order valence-electron chi connectivity index (χ0n) is 13.3. The summed E-state index contributed by atoms with van der Waals surface area (Å²) in [6.45, 7) is 0.753. The first-order chi connectivity index (χ1) is 10.5. The molecule has 0 fully saturated rings. The molecule has 1 N–H and O–H groups in total. The molecule has 0 aliphatic carbocycles. The molecular formula is C17H22N2O3. The van der Waals surface area contributed by atoms with Gasteiger partial charge in [-0.2, -0.15) is 0 Å². The summed E-state index contributed by atoms with van der Waals surface area (Å²) in [5, 5.41) is 3.00. The van der Waals surface area contributed by atoms with E-state index in [1.807, 2.05) is 24.3 Å². The number of hydrogen-bond donors (Lipinski definition) is 1. The van der Waals surface area contributed by atoms with E-state index in [0.29, 0.717) is 19.4 Å². The van der Waals surface area contributed by atoms with Gasteiger partial charge in [0.2, 0.25) is 5.91 Å². The summed E-state index contributed by atoms with van der Waals surface area (Å²) in [5.41, 5.74) is 1.94. The molecule has 1 amide bonds. The van der Waals surface area contributed by atoms with Gasteiger partial charge < -0.3 is 15.0 Å². The van der Waals surface area contributed by atoms with Crippen LogP contribution in [-0.2, 0) is 20.9 Å². The van der Waals surface area contributed by atoms with Gasteiger partial charge in [-0.3, -0.25) is 9.59 Å². The van der Waals surface area contributed by atoms with Crippen molar-refractivity contribution < 1.29 is 14.3 Å². The first kappa shape index (κ1) is 17.7. The fourth-order valence-electron chi connectivity index (χ4n) is 1.70. The predicted molar refractivity (Wildman–Crippen MR) is 85.0 cm³/mol. The zero-order chi connectivity index (χ0) is 16.4. The van der Waals surface area contributed by atoms with Gasteiger partial charge in [-0.25, -0.2) is 0 Å². The molecule has 0 saturated carbocycles.